The molecule has 0 aliphatic heterocycles. The van der Waals surface area contributed by atoms with E-state index in [0.29, 0.717) is 17.5 Å². The Balaban J connectivity index is 2.62. The number of nitrogens with two attached hydrogens (primary N) is 1. The van der Waals surface area contributed by atoms with Crippen LogP contribution in [0.25, 0.3) is 0 Å². The van der Waals surface area contributed by atoms with Crippen LogP contribution in [-0.2, 0) is 6.61 Å². The van der Waals surface area contributed by atoms with Crippen LogP contribution in [0.1, 0.15) is 33.9 Å². The summed E-state index contributed by atoms with van der Waals surface area (Å²) in [5.74, 6) is 0.0483. The van der Waals surface area contributed by atoms with Crippen LogP contribution in [0, 0.1) is 0 Å². The molecule has 0 aromatic heterocycles. The van der Waals surface area contributed by atoms with Gasteiger partial charge in [-0.3, -0.25) is 4.79 Å². The topological polar surface area (TPSA) is 63.3 Å². The van der Waals surface area contributed by atoms with Gasteiger partial charge in [0.1, 0.15) is 0 Å². The number of Topliss-reactive ketones (excluding diaryl/α,β-unsaturated/α-hetero) is 1. The summed E-state index contributed by atoms with van der Waals surface area (Å²) in [7, 11) is 0. The molecule has 1 aromatic rings. The first-order valence-corrected chi connectivity index (χ1v) is 4.25. The van der Waals surface area contributed by atoms with E-state index in [1.165, 1.54) is 0 Å². The number of hydrogen-bond donors (Lipinski definition) is 2. The minimum atomic E-state index is -0.186. The van der Waals surface area contributed by atoms with Crippen molar-refractivity contribution in [1.29, 1.82) is 0 Å². The maximum atomic E-state index is 11.5. The minimum absolute atomic E-state index is 0.0483. The van der Waals surface area contributed by atoms with Crippen molar-refractivity contribution >= 4 is 5.78 Å². The van der Waals surface area contributed by atoms with Crippen molar-refractivity contribution in [2.45, 2.75) is 19.1 Å². The zero-order chi connectivity index (χ0) is 9.42. The summed E-state index contributed by atoms with van der Waals surface area (Å²) in [6.07, 6.45) is 0.367. The Kier molecular flexibility index (Phi) is 1.90. The molecule has 0 radical (unpaired) electrons. The molecule has 68 valence electrons. The van der Waals surface area contributed by atoms with Crippen LogP contribution in [0.3, 0.4) is 0 Å². The lowest BCUT2D eigenvalue weighted by Gasteiger charge is -2.05. The summed E-state index contributed by atoms with van der Waals surface area (Å²) in [6.45, 7) is -0.0956. The second-order valence-electron chi connectivity index (χ2n) is 3.27. The quantitative estimate of drug-likeness (QED) is 0.665. The highest BCUT2D eigenvalue weighted by molar-refractivity contribution is 6.02. The zero-order valence-electron chi connectivity index (χ0n) is 7.16. The van der Waals surface area contributed by atoms with Crippen molar-refractivity contribution in [1.82, 2.24) is 0 Å². The molecule has 1 atom stereocenters. The third kappa shape index (κ3) is 1.17. The number of carbonyl (C=O) groups is 1. The van der Waals surface area contributed by atoms with Crippen LogP contribution in [-0.4, -0.2) is 10.9 Å². The Morgan fingerprint density at radius 3 is 3.00 bits per heavy atom. The summed E-state index contributed by atoms with van der Waals surface area (Å²) in [4.78, 5) is 11.5. The standard InChI is InChI=1S/C10H11NO2/c11-8-4-9(13)10-6(5-12)2-1-3-7(8)10/h1-3,8,12H,4-5,11H2/t8-/m1/s1. The van der Waals surface area contributed by atoms with Gasteiger partial charge in [0.2, 0.25) is 0 Å². The first-order valence-electron chi connectivity index (χ1n) is 4.25. The third-order valence-corrected chi connectivity index (χ3v) is 2.44. The molecule has 3 nitrogen and oxygen atoms in total. The molecule has 0 amide bonds. The second kappa shape index (κ2) is 2.94. The summed E-state index contributed by atoms with van der Waals surface area (Å²) >= 11 is 0. The average molecular weight is 177 g/mol. The molecular formula is C10H11NO2. The molecular weight excluding hydrogens is 166 g/mol. The maximum Gasteiger partial charge on any atom is 0.165 e. The number of carbonyl (C=O) groups excluding carboxylic acids is 1. The van der Waals surface area contributed by atoms with E-state index in [1.54, 1.807) is 6.07 Å². The van der Waals surface area contributed by atoms with Gasteiger partial charge in [-0.05, 0) is 11.1 Å². The van der Waals surface area contributed by atoms with Gasteiger partial charge < -0.3 is 10.8 Å². The Morgan fingerprint density at radius 1 is 1.54 bits per heavy atom. The monoisotopic (exact) mass is 177 g/mol. The van der Waals surface area contributed by atoms with Gasteiger partial charge in [-0.15, -0.1) is 0 Å². The van der Waals surface area contributed by atoms with Crippen LogP contribution < -0.4 is 5.73 Å². The molecule has 0 saturated carbocycles. The molecule has 3 N–H and O–H groups in total. The number of fused-ring (bicyclic) bond motifs is 1. The van der Waals surface area contributed by atoms with Crippen LogP contribution in [0.4, 0.5) is 0 Å². The number of hydrogen-bond acceptors (Lipinski definition) is 3. The van der Waals surface area contributed by atoms with E-state index < -0.39 is 0 Å². The van der Waals surface area contributed by atoms with E-state index in [-0.39, 0.29) is 18.4 Å². The fourth-order valence-corrected chi connectivity index (χ4v) is 1.81. The maximum absolute atomic E-state index is 11.5. The molecule has 13 heavy (non-hydrogen) atoms. The Morgan fingerprint density at radius 2 is 2.31 bits per heavy atom. The minimum Gasteiger partial charge on any atom is -0.392 e. The number of rotatable bonds is 1. The van der Waals surface area contributed by atoms with Gasteiger partial charge in [-0.1, -0.05) is 18.2 Å². The molecule has 0 heterocycles. The van der Waals surface area contributed by atoms with Crippen LogP contribution in [0.5, 0.6) is 0 Å². The first-order chi connectivity index (χ1) is 6.24. The average Bonchev–Trinajstić information content (AvgIpc) is 2.43. The Hall–Kier alpha value is -1.19. The van der Waals surface area contributed by atoms with Gasteiger partial charge in [0, 0.05) is 18.0 Å². The van der Waals surface area contributed by atoms with Crippen molar-refractivity contribution < 1.29 is 9.90 Å². The molecule has 0 fully saturated rings. The SMILES string of the molecule is N[C@@H]1CC(=O)c2c(CO)cccc21. The predicted molar refractivity (Wildman–Crippen MR) is 48.2 cm³/mol. The molecule has 3 heteroatoms. The largest absolute Gasteiger partial charge is 0.392 e. The smallest absolute Gasteiger partial charge is 0.165 e. The van der Waals surface area contributed by atoms with Gasteiger partial charge in [-0.2, -0.15) is 0 Å². The zero-order valence-corrected chi connectivity index (χ0v) is 7.16. The molecule has 2 rings (SSSR count). The molecule has 0 spiro atoms. The lowest BCUT2D eigenvalue weighted by molar-refractivity contribution is 0.0987. The van der Waals surface area contributed by atoms with Gasteiger partial charge >= 0.3 is 0 Å². The van der Waals surface area contributed by atoms with E-state index >= 15 is 0 Å². The van der Waals surface area contributed by atoms with Crippen LogP contribution >= 0.6 is 0 Å². The Labute approximate surface area is 76.2 Å². The summed E-state index contributed by atoms with van der Waals surface area (Å²) in [5.41, 5.74) is 7.96. The van der Waals surface area contributed by atoms with Crippen LogP contribution in [0.15, 0.2) is 18.2 Å². The number of ketones is 1. The van der Waals surface area contributed by atoms with E-state index in [9.17, 15) is 4.79 Å². The van der Waals surface area contributed by atoms with Crippen molar-refractivity contribution in [3.8, 4) is 0 Å². The predicted octanol–water partition coefficient (Wildman–Crippen LogP) is 0.765. The number of aliphatic hydroxyl groups is 1. The van der Waals surface area contributed by atoms with Gasteiger partial charge in [0.15, 0.2) is 5.78 Å². The van der Waals surface area contributed by atoms with Crippen molar-refractivity contribution in [2.24, 2.45) is 5.73 Å². The van der Waals surface area contributed by atoms with Gasteiger partial charge in [-0.25, -0.2) is 0 Å². The fraction of sp³-hybridized carbons (Fsp3) is 0.300. The lowest BCUT2D eigenvalue weighted by atomic mass is 10.0. The van der Waals surface area contributed by atoms with Gasteiger partial charge in [0.05, 0.1) is 6.61 Å². The van der Waals surface area contributed by atoms with E-state index in [2.05, 4.69) is 0 Å². The number of benzene rings is 1. The molecule has 1 aliphatic carbocycles. The summed E-state index contributed by atoms with van der Waals surface area (Å²) in [6, 6.07) is 5.25. The van der Waals surface area contributed by atoms with E-state index in [0.717, 1.165) is 5.56 Å². The second-order valence-corrected chi connectivity index (χ2v) is 3.27. The third-order valence-electron chi connectivity index (χ3n) is 2.44. The first kappa shape index (κ1) is 8.41. The molecule has 0 saturated heterocycles. The Bertz CT molecular complexity index is 360. The molecule has 1 aliphatic rings. The van der Waals surface area contributed by atoms with Crippen molar-refractivity contribution in [3.63, 3.8) is 0 Å². The number of aliphatic hydroxyl groups excluding tert-OH is 1. The molecule has 0 unspecified atom stereocenters. The van der Waals surface area contributed by atoms with E-state index in [4.69, 9.17) is 10.8 Å². The molecule has 1 aromatic carbocycles. The summed E-state index contributed by atoms with van der Waals surface area (Å²) in [5, 5.41) is 9.01. The highest BCUT2D eigenvalue weighted by Gasteiger charge is 2.28. The van der Waals surface area contributed by atoms with Gasteiger partial charge in [0.25, 0.3) is 0 Å². The highest BCUT2D eigenvalue weighted by atomic mass is 16.3. The lowest BCUT2D eigenvalue weighted by Crippen LogP contribution is -2.05. The highest BCUT2D eigenvalue weighted by Crippen LogP contribution is 2.31. The van der Waals surface area contributed by atoms with E-state index in [1.807, 2.05) is 12.1 Å². The fourth-order valence-electron chi connectivity index (χ4n) is 1.81. The van der Waals surface area contributed by atoms with Crippen molar-refractivity contribution in [2.75, 3.05) is 0 Å². The van der Waals surface area contributed by atoms with Crippen molar-refractivity contribution in [3.05, 3.63) is 34.9 Å². The summed E-state index contributed by atoms with van der Waals surface area (Å²) < 4.78 is 0. The molecule has 0 bridgehead atoms. The normalized spacial score (nSPS) is 20.5. The van der Waals surface area contributed by atoms with Crippen LogP contribution in [0.2, 0.25) is 0 Å².